The standard InChI is InChI=1S/C12H10BrN3O/c1-8-6-9(4-5-14-8)12(17)16-11-3-2-10(13)7-15-11/h2-7H,1H3,(H,15,16,17). The van der Waals surface area contributed by atoms with E-state index in [-0.39, 0.29) is 5.91 Å². The molecule has 2 rings (SSSR count). The Morgan fingerprint density at radius 3 is 2.76 bits per heavy atom. The number of nitrogens with zero attached hydrogens (tertiary/aromatic N) is 2. The number of carbonyl (C=O) groups excluding carboxylic acids is 1. The number of carbonyl (C=O) groups is 1. The molecule has 4 nitrogen and oxygen atoms in total. The number of hydrogen-bond donors (Lipinski definition) is 1. The summed E-state index contributed by atoms with van der Waals surface area (Å²) >= 11 is 3.28. The molecule has 0 unspecified atom stereocenters. The van der Waals surface area contributed by atoms with E-state index < -0.39 is 0 Å². The van der Waals surface area contributed by atoms with Crippen molar-refractivity contribution in [3.05, 3.63) is 52.4 Å². The van der Waals surface area contributed by atoms with Crippen LogP contribution in [0.4, 0.5) is 5.82 Å². The molecule has 0 aliphatic rings. The van der Waals surface area contributed by atoms with Crippen LogP contribution in [0.1, 0.15) is 16.1 Å². The van der Waals surface area contributed by atoms with E-state index in [1.54, 1.807) is 30.6 Å². The van der Waals surface area contributed by atoms with Crippen LogP contribution < -0.4 is 5.32 Å². The minimum Gasteiger partial charge on any atom is -0.307 e. The number of nitrogens with one attached hydrogen (secondary N) is 1. The molecule has 0 spiro atoms. The second kappa shape index (κ2) is 5.05. The number of rotatable bonds is 2. The van der Waals surface area contributed by atoms with Crippen LogP contribution in [-0.2, 0) is 0 Å². The van der Waals surface area contributed by atoms with Crippen LogP contribution >= 0.6 is 15.9 Å². The molecule has 0 saturated heterocycles. The third-order valence-corrected chi connectivity index (χ3v) is 2.60. The highest BCUT2D eigenvalue weighted by molar-refractivity contribution is 9.10. The van der Waals surface area contributed by atoms with Gasteiger partial charge in [0.25, 0.3) is 5.91 Å². The minimum absolute atomic E-state index is 0.190. The summed E-state index contributed by atoms with van der Waals surface area (Å²) in [6, 6.07) is 6.95. The maximum absolute atomic E-state index is 11.9. The maximum Gasteiger partial charge on any atom is 0.256 e. The summed E-state index contributed by atoms with van der Waals surface area (Å²) in [7, 11) is 0. The van der Waals surface area contributed by atoms with Gasteiger partial charge in [0.1, 0.15) is 5.82 Å². The average molecular weight is 292 g/mol. The first-order chi connectivity index (χ1) is 8.15. The molecule has 0 bridgehead atoms. The van der Waals surface area contributed by atoms with Crippen molar-refractivity contribution in [1.29, 1.82) is 0 Å². The average Bonchev–Trinajstić information content (AvgIpc) is 2.32. The van der Waals surface area contributed by atoms with Gasteiger partial charge in [0.05, 0.1) is 0 Å². The van der Waals surface area contributed by atoms with Gasteiger partial charge in [-0.25, -0.2) is 4.98 Å². The monoisotopic (exact) mass is 291 g/mol. The van der Waals surface area contributed by atoms with Gasteiger partial charge in [-0.2, -0.15) is 0 Å². The summed E-state index contributed by atoms with van der Waals surface area (Å²) in [5.41, 5.74) is 1.38. The molecule has 86 valence electrons. The van der Waals surface area contributed by atoms with Crippen LogP contribution in [0.15, 0.2) is 41.1 Å². The Hall–Kier alpha value is -1.75. The van der Waals surface area contributed by atoms with Crippen LogP contribution in [0.25, 0.3) is 0 Å². The van der Waals surface area contributed by atoms with Crippen molar-refractivity contribution in [2.75, 3.05) is 5.32 Å². The predicted octanol–water partition coefficient (Wildman–Crippen LogP) is 2.80. The van der Waals surface area contributed by atoms with Crippen molar-refractivity contribution in [2.24, 2.45) is 0 Å². The van der Waals surface area contributed by atoms with Gasteiger partial charge in [0.2, 0.25) is 0 Å². The fourth-order valence-corrected chi connectivity index (χ4v) is 1.56. The van der Waals surface area contributed by atoms with Crippen molar-refractivity contribution in [2.45, 2.75) is 6.92 Å². The summed E-state index contributed by atoms with van der Waals surface area (Å²) in [5, 5.41) is 2.71. The Morgan fingerprint density at radius 1 is 1.29 bits per heavy atom. The molecule has 2 aromatic heterocycles. The Labute approximate surface area is 107 Å². The van der Waals surface area contributed by atoms with Crippen LogP contribution in [0, 0.1) is 6.92 Å². The molecule has 0 aliphatic heterocycles. The highest BCUT2D eigenvalue weighted by Crippen LogP contribution is 2.11. The molecule has 1 amide bonds. The molecule has 1 N–H and O–H groups in total. The van der Waals surface area contributed by atoms with Crippen LogP contribution in [0.2, 0.25) is 0 Å². The van der Waals surface area contributed by atoms with Crippen LogP contribution in [-0.4, -0.2) is 15.9 Å². The lowest BCUT2D eigenvalue weighted by atomic mass is 10.2. The summed E-state index contributed by atoms with van der Waals surface area (Å²) in [6.45, 7) is 1.84. The second-order valence-corrected chi connectivity index (χ2v) is 4.42. The summed E-state index contributed by atoms with van der Waals surface area (Å²) in [6.07, 6.45) is 3.24. The van der Waals surface area contributed by atoms with E-state index in [2.05, 4.69) is 31.2 Å². The molecule has 0 aliphatic carbocycles. The SMILES string of the molecule is Cc1cc(C(=O)Nc2ccc(Br)cn2)ccn1. The van der Waals surface area contributed by atoms with Gasteiger partial charge in [-0.05, 0) is 47.1 Å². The van der Waals surface area contributed by atoms with Crippen molar-refractivity contribution in [3.63, 3.8) is 0 Å². The molecular weight excluding hydrogens is 282 g/mol. The number of halogens is 1. The van der Waals surface area contributed by atoms with Gasteiger partial charge in [0.15, 0.2) is 0 Å². The van der Waals surface area contributed by atoms with Gasteiger partial charge < -0.3 is 5.32 Å². The molecule has 0 aromatic carbocycles. The van der Waals surface area contributed by atoms with E-state index in [9.17, 15) is 4.79 Å². The van der Waals surface area contributed by atoms with Crippen LogP contribution in [0.5, 0.6) is 0 Å². The quantitative estimate of drug-likeness (QED) is 0.926. The number of anilines is 1. The fraction of sp³-hybridized carbons (Fsp3) is 0.0833. The van der Waals surface area contributed by atoms with E-state index in [1.165, 1.54) is 0 Å². The third kappa shape index (κ3) is 3.10. The van der Waals surface area contributed by atoms with Crippen LogP contribution in [0.3, 0.4) is 0 Å². The lowest BCUT2D eigenvalue weighted by Crippen LogP contribution is -2.13. The first kappa shape index (κ1) is 11.7. The predicted molar refractivity (Wildman–Crippen MR) is 68.9 cm³/mol. The second-order valence-electron chi connectivity index (χ2n) is 3.50. The number of aryl methyl sites for hydroxylation is 1. The largest absolute Gasteiger partial charge is 0.307 e. The summed E-state index contributed by atoms with van der Waals surface area (Å²) in [4.78, 5) is 20.0. The minimum atomic E-state index is -0.190. The number of amides is 1. The van der Waals surface area contributed by atoms with E-state index in [1.807, 2.05) is 13.0 Å². The molecule has 17 heavy (non-hydrogen) atoms. The zero-order valence-corrected chi connectivity index (χ0v) is 10.7. The Kier molecular flexibility index (Phi) is 3.49. The normalized spacial score (nSPS) is 10.0. The van der Waals surface area contributed by atoms with E-state index in [4.69, 9.17) is 0 Å². The number of hydrogen-bond acceptors (Lipinski definition) is 3. The summed E-state index contributed by atoms with van der Waals surface area (Å²) in [5.74, 6) is 0.331. The molecule has 0 saturated carbocycles. The first-order valence-corrected chi connectivity index (χ1v) is 5.80. The smallest absolute Gasteiger partial charge is 0.256 e. The molecule has 0 radical (unpaired) electrons. The molecule has 5 heteroatoms. The van der Waals surface area contributed by atoms with Gasteiger partial charge in [0, 0.05) is 28.1 Å². The topological polar surface area (TPSA) is 54.9 Å². The highest BCUT2D eigenvalue weighted by atomic mass is 79.9. The summed E-state index contributed by atoms with van der Waals surface area (Å²) < 4.78 is 0.871. The molecule has 0 fully saturated rings. The molecule has 2 aromatic rings. The third-order valence-electron chi connectivity index (χ3n) is 2.13. The zero-order chi connectivity index (χ0) is 12.3. The lowest BCUT2D eigenvalue weighted by Gasteiger charge is -2.04. The number of aromatic nitrogens is 2. The van der Waals surface area contributed by atoms with E-state index in [0.717, 1.165) is 10.2 Å². The Balaban J connectivity index is 2.14. The van der Waals surface area contributed by atoms with Crippen molar-refractivity contribution in [1.82, 2.24) is 9.97 Å². The Bertz CT molecular complexity index is 540. The molecule has 0 atom stereocenters. The molecule has 2 heterocycles. The van der Waals surface area contributed by atoms with E-state index >= 15 is 0 Å². The van der Waals surface area contributed by atoms with Crippen molar-refractivity contribution < 1.29 is 4.79 Å². The van der Waals surface area contributed by atoms with Crippen molar-refractivity contribution >= 4 is 27.7 Å². The fourth-order valence-electron chi connectivity index (χ4n) is 1.33. The number of pyridine rings is 2. The first-order valence-electron chi connectivity index (χ1n) is 5.01. The Morgan fingerprint density at radius 2 is 2.12 bits per heavy atom. The van der Waals surface area contributed by atoms with Gasteiger partial charge in [-0.1, -0.05) is 0 Å². The van der Waals surface area contributed by atoms with Gasteiger partial charge >= 0.3 is 0 Å². The maximum atomic E-state index is 11.9. The van der Waals surface area contributed by atoms with E-state index in [0.29, 0.717) is 11.4 Å². The zero-order valence-electron chi connectivity index (χ0n) is 9.14. The van der Waals surface area contributed by atoms with Gasteiger partial charge in [-0.3, -0.25) is 9.78 Å². The highest BCUT2D eigenvalue weighted by Gasteiger charge is 2.06. The lowest BCUT2D eigenvalue weighted by molar-refractivity contribution is 0.102. The molecular formula is C12H10BrN3O. The van der Waals surface area contributed by atoms with Gasteiger partial charge in [-0.15, -0.1) is 0 Å². The van der Waals surface area contributed by atoms with Crippen molar-refractivity contribution in [3.8, 4) is 0 Å².